The summed E-state index contributed by atoms with van der Waals surface area (Å²) in [5.74, 6) is 1.03. The van der Waals surface area contributed by atoms with Gasteiger partial charge in [0.2, 0.25) is 0 Å². The largest absolute Gasteiger partial charge is 0.479 e. The van der Waals surface area contributed by atoms with Crippen molar-refractivity contribution >= 4 is 17.5 Å². The summed E-state index contributed by atoms with van der Waals surface area (Å²) < 4.78 is 5.58. The zero-order valence-electron chi connectivity index (χ0n) is 12.2. The van der Waals surface area contributed by atoms with E-state index in [-0.39, 0.29) is 12.5 Å². The van der Waals surface area contributed by atoms with Crippen LogP contribution in [0.4, 0.5) is 0 Å². The van der Waals surface area contributed by atoms with Crippen LogP contribution in [-0.4, -0.2) is 30.3 Å². The van der Waals surface area contributed by atoms with Crippen molar-refractivity contribution in [2.75, 3.05) is 13.2 Å². The number of hydrogen-bond donors (Lipinski definition) is 2. The molecule has 0 radical (unpaired) electrons. The van der Waals surface area contributed by atoms with Crippen molar-refractivity contribution in [1.29, 1.82) is 0 Å². The molecule has 0 saturated heterocycles. The fraction of sp³-hybridized carbons (Fsp3) is 0.562. The number of amides is 1. The highest BCUT2D eigenvalue weighted by molar-refractivity contribution is 6.32. The molecule has 1 aliphatic carbocycles. The first-order valence-corrected chi connectivity index (χ1v) is 7.79. The van der Waals surface area contributed by atoms with Crippen LogP contribution in [0.25, 0.3) is 0 Å². The van der Waals surface area contributed by atoms with E-state index in [1.807, 2.05) is 12.1 Å². The van der Waals surface area contributed by atoms with E-state index < -0.39 is 6.10 Å². The predicted molar refractivity (Wildman–Crippen MR) is 82.5 cm³/mol. The third-order valence-corrected chi connectivity index (χ3v) is 4.41. The molecule has 3 atom stereocenters. The van der Waals surface area contributed by atoms with Gasteiger partial charge in [-0.15, -0.1) is 0 Å². The molecular weight excluding hydrogens is 290 g/mol. The summed E-state index contributed by atoms with van der Waals surface area (Å²) in [5.41, 5.74) is 0. The molecule has 0 aliphatic heterocycles. The second kappa shape index (κ2) is 7.66. The Morgan fingerprint density at radius 1 is 1.43 bits per heavy atom. The third kappa shape index (κ3) is 4.35. The molecule has 0 spiro atoms. The smallest absolute Gasteiger partial charge is 0.260 e. The van der Waals surface area contributed by atoms with Gasteiger partial charge in [0.05, 0.1) is 5.02 Å². The molecule has 1 aromatic rings. The number of ether oxygens (including phenoxy) is 1. The highest BCUT2D eigenvalue weighted by Crippen LogP contribution is 2.30. The maximum atomic E-state index is 12.1. The Balaban J connectivity index is 1.81. The molecular formula is C16H22ClNO3. The summed E-state index contributed by atoms with van der Waals surface area (Å²) >= 11 is 6.01. The summed E-state index contributed by atoms with van der Waals surface area (Å²) in [6, 6.07) is 7.10. The fourth-order valence-corrected chi connectivity index (χ4v) is 2.96. The Morgan fingerprint density at radius 2 is 2.14 bits per heavy atom. The van der Waals surface area contributed by atoms with Crippen molar-refractivity contribution in [3.05, 3.63) is 29.3 Å². The Kier molecular flexibility index (Phi) is 5.88. The zero-order valence-corrected chi connectivity index (χ0v) is 13.0. The lowest BCUT2D eigenvalue weighted by molar-refractivity contribution is -0.127. The number of hydrogen-bond acceptors (Lipinski definition) is 3. The maximum absolute atomic E-state index is 12.1. The van der Waals surface area contributed by atoms with Crippen molar-refractivity contribution in [2.45, 2.75) is 32.3 Å². The van der Waals surface area contributed by atoms with E-state index in [1.54, 1.807) is 19.1 Å². The lowest BCUT2D eigenvalue weighted by Gasteiger charge is -2.20. The molecule has 0 bridgehead atoms. The van der Waals surface area contributed by atoms with Gasteiger partial charge in [0, 0.05) is 13.2 Å². The SMILES string of the molecule is CC(Oc1ccccc1Cl)C(=O)NCC1CCCC1CO. The number of benzene rings is 1. The number of nitrogens with one attached hydrogen (secondary N) is 1. The molecule has 0 aromatic heterocycles. The fourth-order valence-electron chi connectivity index (χ4n) is 2.78. The minimum Gasteiger partial charge on any atom is -0.479 e. The van der Waals surface area contributed by atoms with Crippen LogP contribution in [0, 0.1) is 11.8 Å². The quantitative estimate of drug-likeness (QED) is 0.849. The van der Waals surface area contributed by atoms with Gasteiger partial charge in [-0.05, 0) is 43.7 Å². The van der Waals surface area contributed by atoms with Gasteiger partial charge in [-0.25, -0.2) is 0 Å². The monoisotopic (exact) mass is 311 g/mol. The standard InChI is InChI=1S/C16H22ClNO3/c1-11(21-15-8-3-2-7-14(15)17)16(20)18-9-12-5-4-6-13(12)10-19/h2-3,7-8,11-13,19H,4-6,9-10H2,1H3,(H,18,20). The van der Waals surface area contributed by atoms with Crippen molar-refractivity contribution in [3.8, 4) is 5.75 Å². The minimum absolute atomic E-state index is 0.154. The third-order valence-electron chi connectivity index (χ3n) is 4.10. The number of halogens is 1. The molecule has 1 aliphatic rings. The summed E-state index contributed by atoms with van der Waals surface area (Å²) in [7, 11) is 0. The average molecular weight is 312 g/mol. The van der Waals surface area contributed by atoms with Gasteiger partial charge in [0.15, 0.2) is 6.10 Å². The van der Waals surface area contributed by atoms with Crippen LogP contribution in [-0.2, 0) is 4.79 Å². The molecule has 2 N–H and O–H groups in total. The Hall–Kier alpha value is -1.26. The first-order valence-electron chi connectivity index (χ1n) is 7.41. The molecule has 1 fully saturated rings. The molecule has 21 heavy (non-hydrogen) atoms. The zero-order chi connectivity index (χ0) is 15.2. The number of rotatable bonds is 6. The lowest BCUT2D eigenvalue weighted by Crippen LogP contribution is -2.39. The molecule has 1 saturated carbocycles. The molecule has 5 heteroatoms. The second-order valence-electron chi connectivity index (χ2n) is 5.57. The predicted octanol–water partition coefficient (Wildman–Crippen LogP) is 2.63. The highest BCUT2D eigenvalue weighted by atomic mass is 35.5. The van der Waals surface area contributed by atoms with E-state index >= 15 is 0 Å². The van der Waals surface area contributed by atoms with Crippen molar-refractivity contribution in [2.24, 2.45) is 11.8 Å². The van der Waals surface area contributed by atoms with Crippen LogP contribution < -0.4 is 10.1 Å². The van der Waals surface area contributed by atoms with Crippen LogP contribution in [0.1, 0.15) is 26.2 Å². The Labute approximate surface area is 130 Å². The summed E-state index contributed by atoms with van der Waals surface area (Å²) in [6.45, 7) is 2.50. The van der Waals surface area contributed by atoms with E-state index in [2.05, 4.69) is 5.32 Å². The number of para-hydroxylation sites is 1. The van der Waals surface area contributed by atoms with Crippen molar-refractivity contribution < 1.29 is 14.6 Å². The topological polar surface area (TPSA) is 58.6 Å². The van der Waals surface area contributed by atoms with E-state index in [4.69, 9.17) is 16.3 Å². The number of aliphatic hydroxyl groups excluding tert-OH is 1. The van der Waals surface area contributed by atoms with Gasteiger partial charge in [0.25, 0.3) is 5.91 Å². The van der Waals surface area contributed by atoms with E-state index in [1.165, 1.54) is 0 Å². The van der Waals surface area contributed by atoms with Gasteiger partial charge in [0.1, 0.15) is 5.75 Å². The lowest BCUT2D eigenvalue weighted by atomic mass is 9.97. The first-order chi connectivity index (χ1) is 10.1. The van der Waals surface area contributed by atoms with Gasteiger partial charge in [-0.3, -0.25) is 4.79 Å². The molecule has 4 nitrogen and oxygen atoms in total. The normalized spacial score (nSPS) is 22.8. The summed E-state index contributed by atoms with van der Waals surface area (Å²) in [6.07, 6.45) is 2.63. The number of carbonyl (C=O) groups excluding carboxylic acids is 1. The Bertz CT molecular complexity index is 480. The van der Waals surface area contributed by atoms with E-state index in [9.17, 15) is 9.90 Å². The molecule has 1 amide bonds. The second-order valence-corrected chi connectivity index (χ2v) is 5.98. The van der Waals surface area contributed by atoms with Gasteiger partial charge >= 0.3 is 0 Å². The molecule has 116 valence electrons. The summed E-state index contributed by atoms with van der Waals surface area (Å²) in [5, 5.41) is 12.7. The van der Waals surface area contributed by atoms with Crippen LogP contribution in [0.15, 0.2) is 24.3 Å². The van der Waals surface area contributed by atoms with Gasteiger partial charge in [-0.2, -0.15) is 0 Å². The summed E-state index contributed by atoms with van der Waals surface area (Å²) in [4.78, 5) is 12.1. The van der Waals surface area contributed by atoms with Crippen LogP contribution in [0.2, 0.25) is 5.02 Å². The molecule has 2 rings (SSSR count). The molecule has 1 aromatic carbocycles. The highest BCUT2D eigenvalue weighted by Gasteiger charge is 2.27. The Morgan fingerprint density at radius 3 is 2.86 bits per heavy atom. The number of carbonyl (C=O) groups is 1. The average Bonchev–Trinajstić information content (AvgIpc) is 2.94. The maximum Gasteiger partial charge on any atom is 0.260 e. The van der Waals surface area contributed by atoms with Gasteiger partial charge < -0.3 is 15.2 Å². The van der Waals surface area contributed by atoms with E-state index in [0.717, 1.165) is 19.3 Å². The van der Waals surface area contributed by atoms with Crippen molar-refractivity contribution in [1.82, 2.24) is 5.32 Å². The van der Waals surface area contributed by atoms with Crippen LogP contribution >= 0.6 is 11.6 Å². The first kappa shape index (κ1) is 16.1. The minimum atomic E-state index is -0.598. The van der Waals surface area contributed by atoms with Crippen LogP contribution in [0.5, 0.6) is 5.75 Å². The number of aliphatic hydroxyl groups is 1. The van der Waals surface area contributed by atoms with Crippen LogP contribution in [0.3, 0.4) is 0 Å². The van der Waals surface area contributed by atoms with Gasteiger partial charge in [-0.1, -0.05) is 30.2 Å². The molecule has 0 heterocycles. The molecule has 3 unspecified atom stereocenters. The van der Waals surface area contributed by atoms with E-state index in [0.29, 0.717) is 29.2 Å². The van der Waals surface area contributed by atoms with Crippen molar-refractivity contribution in [3.63, 3.8) is 0 Å².